The van der Waals surface area contributed by atoms with Gasteiger partial charge in [0.05, 0.1) is 0 Å². The second kappa shape index (κ2) is 7.00. The third kappa shape index (κ3) is 4.14. The number of aromatic nitrogens is 1. The molecule has 1 atom stereocenters. The number of rotatable bonds is 6. The SMILES string of the molecule is C#CCC(NC(=O)c1cc(Br)cn1CCC)C(=O)O. The lowest BCUT2D eigenvalue weighted by Gasteiger charge is -2.13. The van der Waals surface area contributed by atoms with Gasteiger partial charge < -0.3 is 15.0 Å². The van der Waals surface area contributed by atoms with Crippen LogP contribution in [-0.4, -0.2) is 27.6 Å². The van der Waals surface area contributed by atoms with Crippen LogP contribution < -0.4 is 5.32 Å². The maximum absolute atomic E-state index is 12.1. The summed E-state index contributed by atoms with van der Waals surface area (Å²) < 4.78 is 2.55. The Kier molecular flexibility index (Phi) is 5.64. The molecule has 0 radical (unpaired) electrons. The van der Waals surface area contributed by atoms with E-state index in [9.17, 15) is 9.59 Å². The van der Waals surface area contributed by atoms with E-state index in [1.807, 2.05) is 6.92 Å². The molecule has 0 fully saturated rings. The predicted octanol–water partition coefficient (Wildman–Crippen LogP) is 1.87. The molecule has 0 saturated heterocycles. The summed E-state index contributed by atoms with van der Waals surface area (Å²) in [6.07, 6.45) is 7.70. The van der Waals surface area contributed by atoms with Crippen molar-refractivity contribution in [3.8, 4) is 12.3 Å². The number of carbonyl (C=O) groups excluding carboxylic acids is 1. The Morgan fingerprint density at radius 3 is 2.84 bits per heavy atom. The zero-order chi connectivity index (χ0) is 14.4. The number of carboxylic acids is 1. The molecule has 2 N–H and O–H groups in total. The first kappa shape index (κ1) is 15.3. The van der Waals surface area contributed by atoms with E-state index < -0.39 is 17.9 Å². The number of terminal acetylenes is 1. The molecule has 1 unspecified atom stereocenters. The van der Waals surface area contributed by atoms with Crippen molar-refractivity contribution in [3.05, 3.63) is 22.4 Å². The van der Waals surface area contributed by atoms with E-state index in [-0.39, 0.29) is 6.42 Å². The van der Waals surface area contributed by atoms with Gasteiger partial charge in [-0.3, -0.25) is 4.79 Å². The predicted molar refractivity (Wildman–Crippen MR) is 74.8 cm³/mol. The molecule has 1 rings (SSSR count). The van der Waals surface area contributed by atoms with Gasteiger partial charge in [-0.2, -0.15) is 0 Å². The molecule has 0 aromatic carbocycles. The van der Waals surface area contributed by atoms with E-state index in [1.165, 1.54) is 0 Å². The minimum atomic E-state index is -1.14. The fourth-order valence-electron chi connectivity index (χ4n) is 1.64. The molecule has 5 nitrogen and oxygen atoms in total. The van der Waals surface area contributed by atoms with Gasteiger partial charge in [-0.05, 0) is 28.4 Å². The van der Waals surface area contributed by atoms with Crippen molar-refractivity contribution in [2.75, 3.05) is 0 Å². The van der Waals surface area contributed by atoms with Gasteiger partial charge in [0.15, 0.2) is 0 Å². The summed E-state index contributed by atoms with van der Waals surface area (Å²) in [4.78, 5) is 23.0. The first-order valence-electron chi connectivity index (χ1n) is 5.82. The Morgan fingerprint density at radius 2 is 2.32 bits per heavy atom. The van der Waals surface area contributed by atoms with Gasteiger partial charge >= 0.3 is 5.97 Å². The number of carbonyl (C=O) groups is 2. The first-order chi connectivity index (χ1) is 8.99. The van der Waals surface area contributed by atoms with E-state index in [2.05, 4.69) is 27.2 Å². The Hall–Kier alpha value is -1.74. The Labute approximate surface area is 120 Å². The molecule has 1 aromatic rings. The monoisotopic (exact) mass is 326 g/mol. The number of hydrogen-bond donors (Lipinski definition) is 2. The van der Waals surface area contributed by atoms with Gasteiger partial charge in [0, 0.05) is 23.6 Å². The van der Waals surface area contributed by atoms with Gasteiger partial charge in [0.1, 0.15) is 11.7 Å². The number of halogens is 1. The van der Waals surface area contributed by atoms with Gasteiger partial charge in [-0.25, -0.2) is 4.79 Å². The maximum atomic E-state index is 12.1. The summed E-state index contributed by atoms with van der Waals surface area (Å²) in [5.74, 6) is 0.657. The molecular weight excluding hydrogens is 312 g/mol. The summed E-state index contributed by atoms with van der Waals surface area (Å²) >= 11 is 3.30. The Morgan fingerprint density at radius 1 is 1.63 bits per heavy atom. The van der Waals surface area contributed by atoms with Crippen molar-refractivity contribution in [2.24, 2.45) is 0 Å². The number of nitrogens with one attached hydrogen (secondary N) is 1. The number of hydrogen-bond acceptors (Lipinski definition) is 2. The van der Waals surface area contributed by atoms with Crippen LogP contribution in [0.3, 0.4) is 0 Å². The number of carboxylic acid groups (broad SMARTS) is 1. The highest BCUT2D eigenvalue weighted by Gasteiger charge is 2.21. The topological polar surface area (TPSA) is 71.3 Å². The van der Waals surface area contributed by atoms with Crippen molar-refractivity contribution >= 4 is 27.8 Å². The summed E-state index contributed by atoms with van der Waals surface area (Å²) in [7, 11) is 0. The van der Waals surface area contributed by atoms with Crippen molar-refractivity contribution < 1.29 is 14.7 Å². The van der Waals surface area contributed by atoms with Crippen LogP contribution in [0.15, 0.2) is 16.7 Å². The molecule has 0 aliphatic rings. The lowest BCUT2D eigenvalue weighted by molar-refractivity contribution is -0.139. The van der Waals surface area contributed by atoms with Crippen molar-refractivity contribution in [1.82, 2.24) is 9.88 Å². The third-order valence-electron chi connectivity index (χ3n) is 2.49. The lowest BCUT2D eigenvalue weighted by atomic mass is 10.2. The molecule has 1 aromatic heterocycles. The quantitative estimate of drug-likeness (QED) is 0.784. The third-order valence-corrected chi connectivity index (χ3v) is 2.92. The lowest BCUT2D eigenvalue weighted by Crippen LogP contribution is -2.41. The van der Waals surface area contributed by atoms with E-state index in [4.69, 9.17) is 11.5 Å². The van der Waals surface area contributed by atoms with Crippen LogP contribution in [0.4, 0.5) is 0 Å². The van der Waals surface area contributed by atoms with Crippen LogP contribution in [0.1, 0.15) is 30.3 Å². The summed E-state index contributed by atoms with van der Waals surface area (Å²) in [6.45, 7) is 2.68. The van der Waals surface area contributed by atoms with Gasteiger partial charge in [-0.15, -0.1) is 12.3 Å². The molecule has 102 valence electrons. The molecular formula is C13H15BrN2O3. The van der Waals surface area contributed by atoms with Crippen LogP contribution in [0, 0.1) is 12.3 Å². The number of aliphatic carboxylic acids is 1. The van der Waals surface area contributed by atoms with E-state index in [0.29, 0.717) is 12.2 Å². The smallest absolute Gasteiger partial charge is 0.327 e. The van der Waals surface area contributed by atoms with Gasteiger partial charge in [-0.1, -0.05) is 6.92 Å². The first-order valence-corrected chi connectivity index (χ1v) is 6.61. The van der Waals surface area contributed by atoms with Crippen molar-refractivity contribution in [1.29, 1.82) is 0 Å². The standard InChI is InChI=1S/C13H15BrN2O3/c1-3-5-10(13(18)19)15-12(17)11-7-9(14)8-16(11)6-4-2/h1,7-8,10H,4-6H2,2H3,(H,15,17)(H,18,19). The largest absolute Gasteiger partial charge is 0.480 e. The molecule has 19 heavy (non-hydrogen) atoms. The molecule has 0 aliphatic heterocycles. The van der Waals surface area contributed by atoms with E-state index in [1.54, 1.807) is 16.8 Å². The van der Waals surface area contributed by atoms with E-state index >= 15 is 0 Å². The van der Waals surface area contributed by atoms with Crippen molar-refractivity contribution in [3.63, 3.8) is 0 Å². The number of aryl methyl sites for hydroxylation is 1. The molecule has 0 aliphatic carbocycles. The number of nitrogens with zero attached hydrogens (tertiary/aromatic N) is 1. The fourth-order valence-corrected chi connectivity index (χ4v) is 2.11. The van der Waals surface area contributed by atoms with Gasteiger partial charge in [0.25, 0.3) is 5.91 Å². The van der Waals surface area contributed by atoms with Gasteiger partial charge in [0.2, 0.25) is 0 Å². The van der Waals surface area contributed by atoms with Crippen LogP contribution >= 0.6 is 15.9 Å². The maximum Gasteiger partial charge on any atom is 0.327 e. The second-order valence-corrected chi connectivity index (χ2v) is 4.93. The van der Waals surface area contributed by atoms with Crippen LogP contribution in [0.25, 0.3) is 0 Å². The zero-order valence-electron chi connectivity index (χ0n) is 10.5. The molecule has 0 bridgehead atoms. The highest BCUT2D eigenvalue weighted by atomic mass is 79.9. The van der Waals surface area contributed by atoms with Crippen molar-refractivity contribution in [2.45, 2.75) is 32.4 Å². The Balaban J connectivity index is 2.88. The number of amides is 1. The minimum absolute atomic E-state index is 0.0449. The Bertz CT molecular complexity index is 516. The molecule has 6 heteroatoms. The normalized spacial score (nSPS) is 11.6. The summed E-state index contributed by atoms with van der Waals surface area (Å²) in [6, 6.07) is 0.584. The van der Waals surface area contributed by atoms with E-state index in [0.717, 1.165) is 10.9 Å². The highest BCUT2D eigenvalue weighted by Crippen LogP contribution is 2.15. The molecule has 1 amide bonds. The van der Waals surface area contributed by atoms with Crippen LogP contribution in [0.2, 0.25) is 0 Å². The second-order valence-electron chi connectivity index (χ2n) is 4.01. The molecule has 0 saturated carbocycles. The minimum Gasteiger partial charge on any atom is -0.480 e. The highest BCUT2D eigenvalue weighted by molar-refractivity contribution is 9.10. The van der Waals surface area contributed by atoms with Crippen LogP contribution in [0.5, 0.6) is 0 Å². The fraction of sp³-hybridized carbons (Fsp3) is 0.385. The zero-order valence-corrected chi connectivity index (χ0v) is 12.1. The molecule has 0 spiro atoms. The molecule has 1 heterocycles. The summed E-state index contributed by atoms with van der Waals surface area (Å²) in [5.41, 5.74) is 0.414. The van der Waals surface area contributed by atoms with Crippen LogP contribution in [-0.2, 0) is 11.3 Å². The summed E-state index contributed by atoms with van der Waals surface area (Å²) in [5, 5.41) is 11.4. The average Bonchev–Trinajstić information content (AvgIpc) is 2.70. The average molecular weight is 327 g/mol.